The fourth-order valence-corrected chi connectivity index (χ4v) is 4.20. The second-order valence-electron chi connectivity index (χ2n) is 7.79. The molecule has 0 saturated carbocycles. The zero-order valence-corrected chi connectivity index (χ0v) is 18.0. The number of rotatable bonds is 5. The summed E-state index contributed by atoms with van der Waals surface area (Å²) in [6, 6.07) is 9.18. The first-order chi connectivity index (χ1) is 15.9. The Kier molecular flexibility index (Phi) is 5.10. The Morgan fingerprint density at radius 2 is 1.85 bits per heavy atom. The number of nitrogens with zero attached hydrogens (tertiary/aromatic N) is 8. The number of aryl methyl sites for hydroxylation is 1. The monoisotopic (exact) mass is 454 g/mol. The Bertz CT molecular complexity index is 1280. The van der Waals surface area contributed by atoms with Crippen LogP contribution in [0.15, 0.2) is 48.9 Å². The molecule has 5 rings (SSSR count). The highest BCUT2D eigenvalue weighted by molar-refractivity contribution is 5.63. The lowest BCUT2D eigenvalue weighted by Crippen LogP contribution is -2.38. The van der Waals surface area contributed by atoms with Gasteiger partial charge in [-0.3, -0.25) is 9.13 Å². The van der Waals surface area contributed by atoms with E-state index < -0.39 is 12.6 Å². The standard InChI is InChI=1S/C22H21F3N8/c1-3-16-20-30-29-14(2)33(20)17-13-27-21(28-19(17)31(16)11-9-22(23,24)25)32-12-10-26-18(32)15-7-5-4-6-8-15/h4-8,10,12-13,16H,3,9,11H2,1-2H3/t16-/m1/s1. The molecule has 0 unspecified atom stereocenters. The number of alkyl halides is 3. The van der Waals surface area contributed by atoms with Crippen molar-refractivity contribution in [3.8, 4) is 23.0 Å². The van der Waals surface area contributed by atoms with E-state index in [1.165, 1.54) is 0 Å². The summed E-state index contributed by atoms with van der Waals surface area (Å²) in [5, 5.41) is 8.41. The second-order valence-corrected chi connectivity index (χ2v) is 7.79. The molecule has 0 aliphatic carbocycles. The lowest BCUT2D eigenvalue weighted by Gasteiger charge is -2.37. The van der Waals surface area contributed by atoms with Crippen molar-refractivity contribution in [1.82, 2.24) is 34.3 Å². The molecular weight excluding hydrogens is 433 g/mol. The third-order valence-corrected chi connectivity index (χ3v) is 5.69. The number of anilines is 1. The summed E-state index contributed by atoms with van der Waals surface area (Å²) < 4.78 is 43.0. The van der Waals surface area contributed by atoms with Gasteiger partial charge in [-0.2, -0.15) is 18.2 Å². The molecule has 8 nitrogen and oxygen atoms in total. The van der Waals surface area contributed by atoms with Gasteiger partial charge in [0, 0.05) is 24.5 Å². The van der Waals surface area contributed by atoms with E-state index in [9.17, 15) is 13.2 Å². The molecule has 4 aromatic rings. The minimum Gasteiger partial charge on any atom is -0.344 e. The van der Waals surface area contributed by atoms with Crippen LogP contribution in [0.25, 0.3) is 23.0 Å². The van der Waals surface area contributed by atoms with Crippen molar-refractivity contribution < 1.29 is 13.2 Å². The molecule has 0 spiro atoms. The van der Waals surface area contributed by atoms with Gasteiger partial charge in [0.05, 0.1) is 18.7 Å². The quantitative estimate of drug-likeness (QED) is 0.444. The van der Waals surface area contributed by atoms with Gasteiger partial charge in [0.2, 0.25) is 5.95 Å². The number of benzene rings is 1. The fraction of sp³-hybridized carbons (Fsp3) is 0.318. The number of hydrogen-bond donors (Lipinski definition) is 0. The molecule has 1 aromatic carbocycles. The van der Waals surface area contributed by atoms with Crippen molar-refractivity contribution in [3.63, 3.8) is 0 Å². The molecule has 0 fully saturated rings. The molecule has 33 heavy (non-hydrogen) atoms. The van der Waals surface area contributed by atoms with Crippen LogP contribution in [0.1, 0.15) is 37.5 Å². The SMILES string of the molecule is CC[C@@H]1c2nnc(C)n2-c2cnc(-n3ccnc3-c3ccccc3)nc2N1CCC(F)(F)F. The summed E-state index contributed by atoms with van der Waals surface area (Å²) in [7, 11) is 0. The maximum absolute atomic E-state index is 13.2. The third kappa shape index (κ3) is 3.73. The van der Waals surface area contributed by atoms with Crippen molar-refractivity contribution in [2.45, 2.75) is 38.9 Å². The van der Waals surface area contributed by atoms with E-state index in [1.54, 1.807) is 35.0 Å². The van der Waals surface area contributed by atoms with Crippen LogP contribution in [0.4, 0.5) is 19.0 Å². The lowest BCUT2D eigenvalue weighted by molar-refractivity contribution is -0.132. The van der Waals surface area contributed by atoms with Gasteiger partial charge in [0.25, 0.3) is 0 Å². The first kappa shape index (κ1) is 21.1. The molecule has 11 heteroatoms. The largest absolute Gasteiger partial charge is 0.390 e. The molecule has 0 saturated heterocycles. The van der Waals surface area contributed by atoms with Gasteiger partial charge in [-0.1, -0.05) is 37.3 Å². The summed E-state index contributed by atoms with van der Waals surface area (Å²) in [5.41, 5.74) is 1.44. The molecule has 0 N–H and O–H groups in total. The van der Waals surface area contributed by atoms with Gasteiger partial charge in [-0.15, -0.1) is 10.2 Å². The zero-order valence-electron chi connectivity index (χ0n) is 18.0. The van der Waals surface area contributed by atoms with E-state index in [0.717, 1.165) is 5.56 Å². The molecule has 1 aliphatic heterocycles. The Morgan fingerprint density at radius 1 is 1.06 bits per heavy atom. The average Bonchev–Trinajstić information content (AvgIpc) is 3.44. The van der Waals surface area contributed by atoms with Crippen LogP contribution in [0.5, 0.6) is 0 Å². The van der Waals surface area contributed by atoms with Crippen LogP contribution in [0.2, 0.25) is 0 Å². The van der Waals surface area contributed by atoms with Crippen molar-refractivity contribution in [1.29, 1.82) is 0 Å². The van der Waals surface area contributed by atoms with Crippen LogP contribution in [-0.2, 0) is 0 Å². The summed E-state index contributed by atoms with van der Waals surface area (Å²) in [6.45, 7) is 3.47. The molecule has 0 amide bonds. The smallest absolute Gasteiger partial charge is 0.344 e. The van der Waals surface area contributed by atoms with Gasteiger partial charge >= 0.3 is 6.18 Å². The summed E-state index contributed by atoms with van der Waals surface area (Å²) in [4.78, 5) is 15.4. The van der Waals surface area contributed by atoms with Crippen LogP contribution < -0.4 is 4.90 Å². The molecule has 1 atom stereocenters. The van der Waals surface area contributed by atoms with E-state index in [-0.39, 0.29) is 12.6 Å². The number of fused-ring (bicyclic) bond motifs is 3. The molecule has 170 valence electrons. The van der Waals surface area contributed by atoms with Gasteiger partial charge < -0.3 is 4.90 Å². The molecular formula is C22H21F3N8. The van der Waals surface area contributed by atoms with E-state index in [2.05, 4.69) is 20.2 Å². The highest BCUT2D eigenvalue weighted by atomic mass is 19.4. The van der Waals surface area contributed by atoms with E-state index in [4.69, 9.17) is 4.98 Å². The third-order valence-electron chi connectivity index (χ3n) is 5.69. The number of imidazole rings is 1. The Morgan fingerprint density at radius 3 is 2.58 bits per heavy atom. The predicted octanol–water partition coefficient (Wildman–Crippen LogP) is 4.44. The summed E-state index contributed by atoms with van der Waals surface area (Å²) in [6.07, 6.45) is 0.285. The highest BCUT2D eigenvalue weighted by Gasteiger charge is 2.37. The Labute approximate surface area is 187 Å². The van der Waals surface area contributed by atoms with Gasteiger partial charge in [0.1, 0.15) is 17.3 Å². The molecule has 0 bridgehead atoms. The summed E-state index contributed by atoms with van der Waals surface area (Å²) >= 11 is 0. The fourth-order valence-electron chi connectivity index (χ4n) is 4.20. The van der Waals surface area contributed by atoms with E-state index in [0.29, 0.717) is 41.3 Å². The first-order valence-corrected chi connectivity index (χ1v) is 10.6. The van der Waals surface area contributed by atoms with E-state index >= 15 is 0 Å². The minimum absolute atomic E-state index is 0.243. The lowest BCUT2D eigenvalue weighted by atomic mass is 10.1. The number of halogens is 3. The second kappa shape index (κ2) is 7.98. The number of hydrogen-bond acceptors (Lipinski definition) is 6. The van der Waals surface area contributed by atoms with Crippen LogP contribution in [0, 0.1) is 6.92 Å². The molecule has 4 heterocycles. The van der Waals surface area contributed by atoms with Crippen molar-refractivity contribution in [3.05, 3.63) is 60.6 Å². The molecule has 0 radical (unpaired) electrons. The number of aromatic nitrogens is 7. The first-order valence-electron chi connectivity index (χ1n) is 10.6. The van der Waals surface area contributed by atoms with E-state index in [1.807, 2.05) is 41.8 Å². The highest BCUT2D eigenvalue weighted by Crippen LogP contribution is 2.39. The van der Waals surface area contributed by atoms with Gasteiger partial charge in [0.15, 0.2) is 11.6 Å². The predicted molar refractivity (Wildman–Crippen MR) is 115 cm³/mol. The zero-order chi connectivity index (χ0) is 23.2. The maximum Gasteiger partial charge on any atom is 0.390 e. The van der Waals surface area contributed by atoms with Crippen LogP contribution >= 0.6 is 0 Å². The van der Waals surface area contributed by atoms with Crippen molar-refractivity contribution in [2.24, 2.45) is 0 Å². The van der Waals surface area contributed by atoms with Gasteiger partial charge in [-0.05, 0) is 13.3 Å². The van der Waals surface area contributed by atoms with Crippen LogP contribution in [-0.4, -0.2) is 47.0 Å². The van der Waals surface area contributed by atoms with Crippen molar-refractivity contribution in [2.75, 3.05) is 11.4 Å². The van der Waals surface area contributed by atoms with Crippen molar-refractivity contribution >= 4 is 5.82 Å². The summed E-state index contributed by atoms with van der Waals surface area (Å²) in [5.74, 6) is 2.60. The molecule has 3 aromatic heterocycles. The Hall–Kier alpha value is -3.76. The maximum atomic E-state index is 13.2. The topological polar surface area (TPSA) is 77.5 Å². The molecule has 1 aliphatic rings. The van der Waals surface area contributed by atoms with Crippen LogP contribution in [0.3, 0.4) is 0 Å². The normalized spacial score (nSPS) is 15.4. The van der Waals surface area contributed by atoms with Gasteiger partial charge in [-0.25, -0.2) is 9.97 Å². The minimum atomic E-state index is -4.29. The Balaban J connectivity index is 1.65. The average molecular weight is 454 g/mol.